The van der Waals surface area contributed by atoms with Gasteiger partial charge in [0.2, 0.25) is 0 Å². The molecule has 1 heterocycles. The summed E-state index contributed by atoms with van der Waals surface area (Å²) in [6.45, 7) is 5.45. The van der Waals surface area contributed by atoms with Crippen LogP contribution in [0, 0.1) is 0 Å². The Hall–Kier alpha value is -0.990. The number of cyclic esters (lactones) is 2. The van der Waals surface area contributed by atoms with E-state index in [9.17, 15) is 4.79 Å². The van der Waals surface area contributed by atoms with Crippen LogP contribution in [-0.2, 0) is 9.47 Å². The molecule has 1 fully saturated rings. The van der Waals surface area contributed by atoms with Gasteiger partial charge in [-0.1, -0.05) is 13.5 Å². The fourth-order valence-corrected chi connectivity index (χ4v) is 0.921. The van der Waals surface area contributed by atoms with Crippen LogP contribution in [0.15, 0.2) is 12.7 Å². The molecule has 0 aromatic heterocycles. The lowest BCUT2D eigenvalue weighted by molar-refractivity contribution is 0.117. The van der Waals surface area contributed by atoms with Gasteiger partial charge in [0.25, 0.3) is 0 Å². The summed E-state index contributed by atoms with van der Waals surface area (Å²) in [4.78, 5) is 10.5. The van der Waals surface area contributed by atoms with Crippen LogP contribution in [0.1, 0.15) is 13.3 Å². The molecule has 1 saturated heterocycles. The van der Waals surface area contributed by atoms with Crippen molar-refractivity contribution >= 4 is 6.16 Å². The van der Waals surface area contributed by atoms with Gasteiger partial charge in [0, 0.05) is 0 Å². The molecule has 1 aliphatic heterocycles. The summed E-state index contributed by atoms with van der Waals surface area (Å²) in [5.74, 6) is 0. The molecule has 56 valence electrons. The zero-order valence-electron chi connectivity index (χ0n) is 5.87. The SMILES string of the molecule is C=CC1OC(=O)OC1CC. The van der Waals surface area contributed by atoms with Crippen LogP contribution in [-0.4, -0.2) is 18.4 Å². The largest absolute Gasteiger partial charge is 0.509 e. The van der Waals surface area contributed by atoms with E-state index in [1.807, 2.05) is 6.92 Å². The highest BCUT2D eigenvalue weighted by Crippen LogP contribution is 2.17. The van der Waals surface area contributed by atoms with E-state index in [2.05, 4.69) is 6.58 Å². The Labute approximate surface area is 59.6 Å². The molecule has 1 rings (SSSR count). The second-order valence-corrected chi connectivity index (χ2v) is 2.13. The van der Waals surface area contributed by atoms with Gasteiger partial charge in [-0.05, 0) is 12.5 Å². The third-order valence-corrected chi connectivity index (χ3v) is 1.48. The molecular formula is C7H10O3. The number of ether oxygens (including phenoxy) is 2. The average Bonchev–Trinajstić information content (AvgIpc) is 2.30. The lowest BCUT2D eigenvalue weighted by atomic mass is 10.1. The van der Waals surface area contributed by atoms with Crippen molar-refractivity contribution in [3.8, 4) is 0 Å². The molecule has 0 aromatic carbocycles. The van der Waals surface area contributed by atoms with Gasteiger partial charge in [-0.2, -0.15) is 0 Å². The van der Waals surface area contributed by atoms with Gasteiger partial charge in [0.15, 0.2) is 6.10 Å². The van der Waals surface area contributed by atoms with Crippen LogP contribution >= 0.6 is 0 Å². The van der Waals surface area contributed by atoms with Crippen LogP contribution in [0.5, 0.6) is 0 Å². The van der Waals surface area contributed by atoms with Crippen LogP contribution in [0.4, 0.5) is 4.79 Å². The smallest absolute Gasteiger partial charge is 0.427 e. The molecular weight excluding hydrogens is 132 g/mol. The van der Waals surface area contributed by atoms with E-state index in [4.69, 9.17) is 9.47 Å². The minimum atomic E-state index is -0.586. The van der Waals surface area contributed by atoms with Crippen molar-refractivity contribution in [3.63, 3.8) is 0 Å². The van der Waals surface area contributed by atoms with Crippen molar-refractivity contribution in [2.45, 2.75) is 25.6 Å². The third-order valence-electron chi connectivity index (χ3n) is 1.48. The normalized spacial score (nSPS) is 31.1. The Bertz CT molecular complexity index is 153. The first kappa shape index (κ1) is 7.12. The molecule has 0 saturated carbocycles. The zero-order valence-corrected chi connectivity index (χ0v) is 5.87. The van der Waals surface area contributed by atoms with Gasteiger partial charge >= 0.3 is 6.16 Å². The minimum absolute atomic E-state index is 0.134. The first-order chi connectivity index (χ1) is 4.77. The highest BCUT2D eigenvalue weighted by atomic mass is 16.8. The van der Waals surface area contributed by atoms with Crippen molar-refractivity contribution in [3.05, 3.63) is 12.7 Å². The van der Waals surface area contributed by atoms with Crippen LogP contribution in [0.25, 0.3) is 0 Å². The fraction of sp³-hybridized carbons (Fsp3) is 0.571. The molecule has 1 aliphatic rings. The minimum Gasteiger partial charge on any atom is -0.427 e. The third kappa shape index (κ3) is 1.12. The number of hydrogen-bond donors (Lipinski definition) is 0. The summed E-state index contributed by atoms with van der Waals surface area (Å²) in [6, 6.07) is 0. The number of carbonyl (C=O) groups excluding carboxylic acids is 1. The molecule has 10 heavy (non-hydrogen) atoms. The van der Waals surface area contributed by atoms with Crippen molar-refractivity contribution in [1.29, 1.82) is 0 Å². The molecule has 0 aliphatic carbocycles. The van der Waals surface area contributed by atoms with E-state index < -0.39 is 6.16 Å². The maximum Gasteiger partial charge on any atom is 0.509 e. The molecule has 3 nitrogen and oxygen atoms in total. The van der Waals surface area contributed by atoms with Gasteiger partial charge < -0.3 is 9.47 Å². The molecule has 0 N–H and O–H groups in total. The van der Waals surface area contributed by atoms with Crippen LogP contribution in [0.2, 0.25) is 0 Å². The predicted octanol–water partition coefficient (Wildman–Crippen LogP) is 1.49. The summed E-state index contributed by atoms with van der Waals surface area (Å²) in [5.41, 5.74) is 0. The molecule has 0 spiro atoms. The Morgan fingerprint density at radius 3 is 2.80 bits per heavy atom. The zero-order chi connectivity index (χ0) is 7.56. The van der Waals surface area contributed by atoms with Crippen molar-refractivity contribution in [1.82, 2.24) is 0 Å². The van der Waals surface area contributed by atoms with E-state index >= 15 is 0 Å². The Morgan fingerprint density at radius 2 is 2.40 bits per heavy atom. The molecule has 0 radical (unpaired) electrons. The number of hydrogen-bond acceptors (Lipinski definition) is 3. The lowest BCUT2D eigenvalue weighted by Gasteiger charge is -2.06. The Balaban J connectivity index is 2.56. The van der Waals surface area contributed by atoms with Gasteiger partial charge in [-0.3, -0.25) is 0 Å². The molecule has 3 heteroatoms. The van der Waals surface area contributed by atoms with Crippen molar-refractivity contribution < 1.29 is 14.3 Å². The van der Waals surface area contributed by atoms with E-state index in [0.717, 1.165) is 6.42 Å². The lowest BCUT2D eigenvalue weighted by Crippen LogP contribution is -2.18. The predicted molar refractivity (Wildman–Crippen MR) is 35.6 cm³/mol. The van der Waals surface area contributed by atoms with E-state index in [0.29, 0.717) is 0 Å². The monoisotopic (exact) mass is 142 g/mol. The second-order valence-electron chi connectivity index (χ2n) is 2.13. The van der Waals surface area contributed by atoms with E-state index in [1.165, 1.54) is 0 Å². The van der Waals surface area contributed by atoms with Crippen LogP contribution < -0.4 is 0 Å². The summed E-state index contributed by atoms with van der Waals surface area (Å²) in [6.07, 6.45) is 1.38. The Morgan fingerprint density at radius 1 is 1.70 bits per heavy atom. The first-order valence-corrected chi connectivity index (χ1v) is 3.27. The van der Waals surface area contributed by atoms with Gasteiger partial charge in [0.05, 0.1) is 0 Å². The van der Waals surface area contributed by atoms with Crippen molar-refractivity contribution in [2.24, 2.45) is 0 Å². The maximum absolute atomic E-state index is 10.5. The first-order valence-electron chi connectivity index (χ1n) is 3.27. The second kappa shape index (κ2) is 2.73. The highest BCUT2D eigenvalue weighted by Gasteiger charge is 2.32. The molecule has 0 aromatic rings. The quantitative estimate of drug-likeness (QED) is 0.432. The fourth-order valence-electron chi connectivity index (χ4n) is 0.921. The van der Waals surface area contributed by atoms with E-state index in [1.54, 1.807) is 6.08 Å². The highest BCUT2D eigenvalue weighted by molar-refractivity contribution is 5.62. The summed E-state index contributed by atoms with van der Waals surface area (Å²) < 4.78 is 9.52. The van der Waals surface area contributed by atoms with Gasteiger partial charge in [0.1, 0.15) is 6.10 Å². The average molecular weight is 142 g/mol. The molecule has 2 unspecified atom stereocenters. The maximum atomic E-state index is 10.5. The summed E-state index contributed by atoms with van der Waals surface area (Å²) in [5, 5.41) is 0. The number of carbonyl (C=O) groups is 1. The van der Waals surface area contributed by atoms with Crippen molar-refractivity contribution in [2.75, 3.05) is 0 Å². The number of rotatable bonds is 2. The van der Waals surface area contributed by atoms with E-state index in [-0.39, 0.29) is 12.2 Å². The Kier molecular flexibility index (Phi) is 1.94. The topological polar surface area (TPSA) is 35.5 Å². The molecule has 2 atom stereocenters. The summed E-state index contributed by atoms with van der Waals surface area (Å²) >= 11 is 0. The molecule has 0 bridgehead atoms. The van der Waals surface area contributed by atoms with Gasteiger partial charge in [-0.25, -0.2) is 4.79 Å². The van der Waals surface area contributed by atoms with Gasteiger partial charge in [-0.15, -0.1) is 0 Å². The van der Waals surface area contributed by atoms with Crippen LogP contribution in [0.3, 0.4) is 0 Å². The standard InChI is InChI=1S/C7H10O3/c1-3-5-6(4-2)10-7(8)9-5/h3,5-6H,1,4H2,2H3. The molecule has 0 amide bonds. The summed E-state index contributed by atoms with van der Waals surface area (Å²) in [7, 11) is 0.